The third-order valence-corrected chi connectivity index (χ3v) is 9.67. The van der Waals surface area contributed by atoms with Gasteiger partial charge in [-0.05, 0) is 0 Å². The molecule has 0 atom stereocenters. The van der Waals surface area contributed by atoms with Crippen LogP contribution in [0.4, 0.5) is 5.69 Å². The van der Waals surface area contributed by atoms with Crippen LogP contribution >= 0.6 is 11.6 Å². The van der Waals surface area contributed by atoms with Gasteiger partial charge in [0.15, 0.2) is 0 Å². The second-order valence-corrected chi connectivity index (χ2v) is 11.2. The maximum absolute atomic E-state index is 6.54. The van der Waals surface area contributed by atoms with E-state index in [1.165, 1.54) is 29.1 Å². The van der Waals surface area contributed by atoms with Crippen LogP contribution in [-0.4, -0.2) is 36.0 Å². The van der Waals surface area contributed by atoms with Crippen molar-refractivity contribution in [1.29, 1.82) is 0 Å². The zero-order valence-corrected chi connectivity index (χ0v) is 20.1. The molecule has 0 spiro atoms. The number of rotatable bonds is 5. The Balaban J connectivity index is 1.57. The molecule has 28 heavy (non-hydrogen) atoms. The Hall–Kier alpha value is -1.54. The number of fused-ring (bicyclic) bond motifs is 2. The molecular formula is C23H22ClN2Se2+. The number of nitrogens with zero attached hydrogens (tertiary/aromatic N) is 2. The summed E-state index contributed by atoms with van der Waals surface area (Å²) in [5.74, 6) is 0. The molecule has 5 heteroatoms. The van der Waals surface area contributed by atoms with E-state index < -0.39 is 0 Å². The van der Waals surface area contributed by atoms with Gasteiger partial charge in [-0.1, -0.05) is 0 Å². The molecule has 0 fully saturated rings. The summed E-state index contributed by atoms with van der Waals surface area (Å²) in [6, 6.07) is 17.4. The number of halogens is 1. The zero-order chi connectivity index (χ0) is 19.5. The minimum absolute atomic E-state index is 0.341. The van der Waals surface area contributed by atoms with Crippen molar-refractivity contribution in [1.82, 2.24) is 0 Å². The van der Waals surface area contributed by atoms with Crippen LogP contribution < -0.4 is 13.9 Å². The maximum atomic E-state index is 6.54. The second-order valence-electron chi connectivity index (χ2n) is 6.36. The minimum atomic E-state index is 0.341. The number of aromatic nitrogens is 1. The van der Waals surface area contributed by atoms with Crippen molar-refractivity contribution < 1.29 is 4.57 Å². The summed E-state index contributed by atoms with van der Waals surface area (Å²) in [4.78, 5) is 2.39. The molecule has 0 unspecified atom stereocenters. The Bertz CT molecular complexity index is 1090. The van der Waals surface area contributed by atoms with Crippen LogP contribution in [0.1, 0.15) is 18.4 Å². The molecule has 0 N–H and O–H groups in total. The van der Waals surface area contributed by atoms with E-state index in [2.05, 4.69) is 84.0 Å². The van der Waals surface area contributed by atoms with E-state index >= 15 is 0 Å². The summed E-state index contributed by atoms with van der Waals surface area (Å²) in [5, 5.41) is 0.769. The quantitative estimate of drug-likeness (QED) is 0.280. The van der Waals surface area contributed by atoms with Crippen LogP contribution in [0.25, 0.3) is 15.9 Å². The average molecular weight is 520 g/mol. The predicted octanol–water partition coefficient (Wildman–Crippen LogP) is 4.05. The first-order valence-corrected chi connectivity index (χ1v) is 13.2. The molecule has 4 rings (SSSR count). The third kappa shape index (κ3) is 3.94. The number of hydrogen-bond donors (Lipinski definition) is 0. The topological polar surface area (TPSA) is 7.12 Å². The number of anilines is 1. The van der Waals surface area contributed by atoms with Crippen molar-refractivity contribution in [2.24, 2.45) is 0 Å². The molecular weight excluding hydrogens is 498 g/mol. The molecule has 1 aliphatic rings. The second kappa shape index (κ2) is 8.86. The summed E-state index contributed by atoms with van der Waals surface area (Å²) >= 11 is 7.22. The Kier molecular flexibility index (Phi) is 6.25. The van der Waals surface area contributed by atoms with Gasteiger partial charge in [0.2, 0.25) is 0 Å². The fourth-order valence-corrected chi connectivity index (χ4v) is 8.22. The summed E-state index contributed by atoms with van der Waals surface area (Å²) in [7, 11) is 0. The standard InChI is InChI=1S/C23H22ClN2Se2/c1-3-25-18-9-5-7-11-20(18)27-22(25)15-13-17(24)14-16-23-26(4-2)19-10-6-8-12-21(19)28-23/h5-16H,3-4H2,1-2H3/q+1. The van der Waals surface area contributed by atoms with E-state index in [9.17, 15) is 0 Å². The normalized spacial score (nSPS) is 15.9. The number of hydrogen-bond acceptors (Lipinski definition) is 1. The van der Waals surface area contributed by atoms with Gasteiger partial charge < -0.3 is 0 Å². The average Bonchev–Trinajstić information content (AvgIpc) is 3.27. The van der Waals surface area contributed by atoms with Crippen LogP contribution in [0, 0.1) is 0 Å². The van der Waals surface area contributed by atoms with Crippen LogP contribution in [0.3, 0.4) is 0 Å². The number of para-hydroxylation sites is 2. The SMILES string of the molecule is CCN1C(=CC=C(Cl)C=Cc2[se]c3ccccc3[n+]2CC)[Se]c2ccccc21. The Morgan fingerprint density at radius 3 is 2.71 bits per heavy atom. The van der Waals surface area contributed by atoms with E-state index in [0.29, 0.717) is 29.5 Å². The van der Waals surface area contributed by atoms with Gasteiger partial charge in [0, 0.05) is 0 Å². The van der Waals surface area contributed by atoms with Crippen LogP contribution in [0.2, 0.25) is 0 Å². The summed E-state index contributed by atoms with van der Waals surface area (Å²) < 4.78 is 8.02. The van der Waals surface area contributed by atoms with Gasteiger partial charge in [0.05, 0.1) is 0 Å². The molecule has 1 aromatic heterocycles. The molecule has 0 aliphatic carbocycles. The van der Waals surface area contributed by atoms with E-state index in [4.69, 9.17) is 11.6 Å². The molecule has 0 saturated carbocycles. The van der Waals surface area contributed by atoms with E-state index in [1.54, 1.807) is 0 Å². The van der Waals surface area contributed by atoms with Gasteiger partial charge in [-0.25, -0.2) is 0 Å². The van der Waals surface area contributed by atoms with Crippen molar-refractivity contribution in [2.45, 2.75) is 20.4 Å². The fraction of sp³-hybridized carbons (Fsp3) is 0.174. The number of allylic oxidation sites excluding steroid dienone is 4. The fourth-order valence-electron chi connectivity index (χ4n) is 3.36. The van der Waals surface area contributed by atoms with Crippen molar-refractivity contribution in [2.75, 3.05) is 11.4 Å². The molecule has 1 aliphatic heterocycles. The summed E-state index contributed by atoms with van der Waals surface area (Å²) in [6.07, 6.45) is 8.45. The van der Waals surface area contributed by atoms with Crippen LogP contribution in [0.15, 0.2) is 76.4 Å². The molecule has 2 heterocycles. The zero-order valence-electron chi connectivity index (χ0n) is 15.9. The predicted molar refractivity (Wildman–Crippen MR) is 123 cm³/mol. The molecule has 142 valence electrons. The first kappa shape index (κ1) is 19.8. The first-order chi connectivity index (χ1) is 13.7. The van der Waals surface area contributed by atoms with Crippen molar-refractivity contribution in [3.05, 3.63) is 81.0 Å². The molecule has 0 bridgehead atoms. The van der Waals surface area contributed by atoms with Gasteiger partial charge in [-0.15, -0.1) is 0 Å². The van der Waals surface area contributed by atoms with Gasteiger partial charge in [0.25, 0.3) is 0 Å². The monoisotopic (exact) mass is 521 g/mol. The summed E-state index contributed by atoms with van der Waals surface area (Å²) in [6.45, 7) is 6.37. The Labute approximate surface area is 183 Å². The van der Waals surface area contributed by atoms with Gasteiger partial charge >= 0.3 is 184 Å². The van der Waals surface area contributed by atoms with Crippen molar-refractivity contribution in [3.63, 3.8) is 0 Å². The van der Waals surface area contributed by atoms with E-state index in [-0.39, 0.29) is 0 Å². The first-order valence-electron chi connectivity index (χ1n) is 9.42. The number of aryl methyl sites for hydroxylation is 1. The van der Waals surface area contributed by atoms with E-state index in [0.717, 1.165) is 18.1 Å². The van der Waals surface area contributed by atoms with Crippen molar-refractivity contribution in [3.8, 4) is 0 Å². The van der Waals surface area contributed by atoms with E-state index in [1.807, 2.05) is 12.2 Å². The Morgan fingerprint density at radius 1 is 1.11 bits per heavy atom. The molecule has 3 aromatic rings. The third-order valence-electron chi connectivity index (χ3n) is 4.68. The molecule has 2 nitrogen and oxygen atoms in total. The Morgan fingerprint density at radius 2 is 1.89 bits per heavy atom. The molecule has 2 aromatic carbocycles. The summed E-state index contributed by atoms with van der Waals surface area (Å²) in [5.41, 5.74) is 2.69. The van der Waals surface area contributed by atoms with Crippen LogP contribution in [0.5, 0.6) is 0 Å². The van der Waals surface area contributed by atoms with Gasteiger partial charge in [0.1, 0.15) is 0 Å². The van der Waals surface area contributed by atoms with Crippen LogP contribution in [-0.2, 0) is 6.54 Å². The van der Waals surface area contributed by atoms with Gasteiger partial charge in [-0.3, -0.25) is 0 Å². The molecule has 0 saturated heterocycles. The molecule has 0 radical (unpaired) electrons. The van der Waals surface area contributed by atoms with Gasteiger partial charge in [-0.2, -0.15) is 0 Å². The van der Waals surface area contributed by atoms with Crippen molar-refractivity contribution >= 4 is 67.1 Å². The molecule has 0 amide bonds. The number of benzene rings is 2.